The zero-order valence-corrected chi connectivity index (χ0v) is 19.7. The fraction of sp³-hybridized carbons (Fsp3) is 0.900. The molecule has 1 N–H and O–H groups in total. The van der Waals surface area contributed by atoms with Crippen LogP contribution in [-0.2, 0) is 18.8 Å². The summed E-state index contributed by atoms with van der Waals surface area (Å²) in [5.41, 5.74) is 0. The van der Waals surface area contributed by atoms with Gasteiger partial charge in [-0.2, -0.15) is 0 Å². The lowest BCUT2D eigenvalue weighted by Crippen LogP contribution is -2.45. The second kappa shape index (κ2) is 13.3. The van der Waals surface area contributed by atoms with E-state index in [1.54, 1.807) is 4.90 Å². The fourth-order valence-corrected chi connectivity index (χ4v) is 3.14. The van der Waals surface area contributed by atoms with Crippen LogP contribution in [0, 0.1) is 0 Å². The topological polar surface area (TPSA) is 67.9 Å². The molecule has 7 heteroatoms. The highest BCUT2D eigenvalue weighted by atomic mass is 28.4. The molecule has 0 aromatic carbocycles. The number of rotatable bonds is 14. The molecule has 0 fully saturated rings. The van der Waals surface area contributed by atoms with Crippen molar-refractivity contribution >= 4 is 20.2 Å². The van der Waals surface area contributed by atoms with E-state index < -0.39 is 8.32 Å². The van der Waals surface area contributed by atoms with Gasteiger partial charge < -0.3 is 19.4 Å². The third-order valence-electron chi connectivity index (χ3n) is 5.03. The molecule has 0 unspecified atom stereocenters. The molecule has 0 radical (unpaired) electrons. The Kier molecular flexibility index (Phi) is 12.8. The van der Waals surface area contributed by atoms with E-state index in [0.29, 0.717) is 32.8 Å². The number of hydrogen-bond donors (Lipinski definition) is 1. The van der Waals surface area contributed by atoms with Crippen LogP contribution in [0.25, 0.3) is 0 Å². The van der Waals surface area contributed by atoms with Crippen molar-refractivity contribution in [1.82, 2.24) is 10.2 Å². The molecule has 27 heavy (non-hydrogen) atoms. The number of carbonyl (C=O) groups is 2. The molecule has 0 rings (SSSR count). The fourth-order valence-electron chi connectivity index (χ4n) is 2.10. The highest BCUT2D eigenvalue weighted by Gasteiger charge is 2.37. The highest BCUT2D eigenvalue weighted by Crippen LogP contribution is 2.36. The number of amides is 1. The summed E-state index contributed by atoms with van der Waals surface area (Å²) < 4.78 is 11.4. The Morgan fingerprint density at radius 1 is 1.04 bits per heavy atom. The molecule has 0 saturated heterocycles. The van der Waals surface area contributed by atoms with Gasteiger partial charge in [-0.15, -0.1) is 0 Å². The molecule has 0 heterocycles. The molecular weight excluding hydrogens is 360 g/mol. The van der Waals surface area contributed by atoms with Crippen molar-refractivity contribution in [1.29, 1.82) is 0 Å². The molecule has 0 aromatic rings. The standard InChI is InChI=1S/C20H42N2O4Si/c1-8-10-15-25-19(24)11-13-22(18(23)17-21-12-9-2)14-16-26-27(6,7)20(3,4)5/h21H,8-17H2,1-7H3. The maximum absolute atomic E-state index is 12.5. The van der Waals surface area contributed by atoms with Crippen LogP contribution >= 0.6 is 0 Å². The predicted octanol–water partition coefficient (Wildman–Crippen LogP) is 3.57. The molecule has 0 aliphatic carbocycles. The minimum absolute atomic E-state index is 0.00337. The van der Waals surface area contributed by atoms with E-state index in [0.717, 1.165) is 25.8 Å². The van der Waals surface area contributed by atoms with Gasteiger partial charge >= 0.3 is 5.97 Å². The molecular formula is C20H42N2O4Si. The van der Waals surface area contributed by atoms with E-state index in [4.69, 9.17) is 9.16 Å². The van der Waals surface area contributed by atoms with Gasteiger partial charge in [0.1, 0.15) is 0 Å². The molecule has 1 amide bonds. The second-order valence-corrected chi connectivity index (χ2v) is 13.3. The predicted molar refractivity (Wildman–Crippen MR) is 113 cm³/mol. The lowest BCUT2D eigenvalue weighted by atomic mass is 10.2. The van der Waals surface area contributed by atoms with Crippen LogP contribution in [0.1, 0.15) is 60.3 Å². The van der Waals surface area contributed by atoms with Crippen molar-refractivity contribution in [2.24, 2.45) is 0 Å². The highest BCUT2D eigenvalue weighted by molar-refractivity contribution is 6.74. The molecule has 0 aliphatic rings. The van der Waals surface area contributed by atoms with Crippen molar-refractivity contribution in [3.05, 3.63) is 0 Å². The van der Waals surface area contributed by atoms with Crippen LogP contribution in [0.3, 0.4) is 0 Å². The second-order valence-electron chi connectivity index (χ2n) is 8.49. The molecule has 0 atom stereocenters. The summed E-state index contributed by atoms with van der Waals surface area (Å²) in [6.45, 7) is 18.0. The van der Waals surface area contributed by atoms with Crippen LogP contribution in [0.4, 0.5) is 0 Å². The zero-order chi connectivity index (χ0) is 20.9. The SMILES string of the molecule is CCCCOC(=O)CCN(CCO[Si](C)(C)C(C)(C)C)C(=O)CNCCC. The number of carbonyl (C=O) groups excluding carboxylic acids is 2. The van der Waals surface area contributed by atoms with Crippen molar-refractivity contribution < 1.29 is 18.8 Å². The summed E-state index contributed by atoms with van der Waals surface area (Å²) in [4.78, 5) is 26.1. The molecule has 0 aromatic heterocycles. The Morgan fingerprint density at radius 3 is 2.26 bits per heavy atom. The van der Waals surface area contributed by atoms with Crippen LogP contribution in [0.15, 0.2) is 0 Å². The number of nitrogens with one attached hydrogen (secondary N) is 1. The van der Waals surface area contributed by atoms with Crippen molar-refractivity contribution in [3.8, 4) is 0 Å². The number of unbranched alkanes of at least 4 members (excludes halogenated alkanes) is 1. The summed E-state index contributed by atoms with van der Waals surface area (Å²) in [6, 6.07) is 0. The first-order valence-electron chi connectivity index (χ1n) is 10.3. The quantitative estimate of drug-likeness (QED) is 0.273. The first-order valence-corrected chi connectivity index (χ1v) is 13.2. The summed E-state index contributed by atoms with van der Waals surface area (Å²) in [5, 5.41) is 3.27. The lowest BCUT2D eigenvalue weighted by molar-refractivity contribution is -0.144. The third kappa shape index (κ3) is 11.5. The molecule has 0 saturated carbocycles. The van der Waals surface area contributed by atoms with E-state index >= 15 is 0 Å². The van der Waals surface area contributed by atoms with Crippen LogP contribution in [-0.4, -0.2) is 64.5 Å². The Morgan fingerprint density at radius 2 is 1.70 bits per heavy atom. The van der Waals surface area contributed by atoms with E-state index in [2.05, 4.69) is 53.0 Å². The van der Waals surface area contributed by atoms with Gasteiger partial charge in [0.05, 0.1) is 26.2 Å². The van der Waals surface area contributed by atoms with Gasteiger partial charge in [-0.3, -0.25) is 9.59 Å². The Hall–Kier alpha value is -0.923. The van der Waals surface area contributed by atoms with Crippen molar-refractivity contribution in [2.75, 3.05) is 39.4 Å². The largest absolute Gasteiger partial charge is 0.466 e. The van der Waals surface area contributed by atoms with E-state index in [9.17, 15) is 9.59 Å². The molecule has 0 bridgehead atoms. The summed E-state index contributed by atoms with van der Waals surface area (Å²) in [6.07, 6.45) is 3.07. The first kappa shape index (κ1) is 26.1. The molecule has 0 spiro atoms. The first-order chi connectivity index (χ1) is 12.5. The number of esters is 1. The smallest absolute Gasteiger partial charge is 0.307 e. The molecule has 6 nitrogen and oxygen atoms in total. The molecule has 160 valence electrons. The van der Waals surface area contributed by atoms with Gasteiger partial charge in [-0.05, 0) is 37.5 Å². The Labute approximate surface area is 167 Å². The average Bonchev–Trinajstić information content (AvgIpc) is 2.57. The normalized spacial score (nSPS) is 12.1. The number of ether oxygens (including phenoxy) is 1. The summed E-state index contributed by atoms with van der Waals surface area (Å²) in [7, 11) is -1.85. The van der Waals surface area contributed by atoms with Gasteiger partial charge in [0.15, 0.2) is 8.32 Å². The minimum Gasteiger partial charge on any atom is -0.466 e. The monoisotopic (exact) mass is 402 g/mol. The van der Waals surface area contributed by atoms with Crippen molar-refractivity contribution in [3.63, 3.8) is 0 Å². The van der Waals surface area contributed by atoms with Gasteiger partial charge in [0.2, 0.25) is 5.91 Å². The van der Waals surface area contributed by atoms with Crippen LogP contribution in [0.5, 0.6) is 0 Å². The third-order valence-corrected chi connectivity index (χ3v) is 9.57. The molecule has 0 aliphatic heterocycles. The lowest BCUT2D eigenvalue weighted by Gasteiger charge is -2.36. The van der Waals surface area contributed by atoms with Gasteiger partial charge in [0, 0.05) is 13.1 Å². The number of nitrogens with zero attached hydrogens (tertiary/aromatic N) is 1. The summed E-state index contributed by atoms with van der Waals surface area (Å²) in [5.74, 6) is -0.239. The zero-order valence-electron chi connectivity index (χ0n) is 18.7. The maximum atomic E-state index is 12.5. The number of hydrogen-bond acceptors (Lipinski definition) is 5. The minimum atomic E-state index is -1.85. The van der Waals surface area contributed by atoms with Crippen LogP contribution < -0.4 is 5.32 Å². The van der Waals surface area contributed by atoms with Gasteiger partial charge in [-0.1, -0.05) is 41.0 Å². The van der Waals surface area contributed by atoms with E-state index in [1.807, 2.05) is 0 Å². The average molecular weight is 403 g/mol. The summed E-state index contributed by atoms with van der Waals surface area (Å²) >= 11 is 0. The van der Waals surface area contributed by atoms with E-state index in [1.165, 1.54) is 0 Å². The Balaban J connectivity index is 4.60. The van der Waals surface area contributed by atoms with E-state index in [-0.39, 0.29) is 23.3 Å². The van der Waals surface area contributed by atoms with Gasteiger partial charge in [0.25, 0.3) is 0 Å². The van der Waals surface area contributed by atoms with Gasteiger partial charge in [-0.25, -0.2) is 0 Å². The Bertz CT molecular complexity index is 436. The van der Waals surface area contributed by atoms with Crippen molar-refractivity contribution in [2.45, 2.75) is 78.4 Å². The van der Waals surface area contributed by atoms with Crippen LogP contribution in [0.2, 0.25) is 18.1 Å². The maximum Gasteiger partial charge on any atom is 0.307 e.